The van der Waals surface area contributed by atoms with Gasteiger partial charge in [-0.3, -0.25) is 4.79 Å². The van der Waals surface area contributed by atoms with Crippen LogP contribution in [0.15, 0.2) is 104 Å². The minimum atomic E-state index is -0.222. The van der Waals surface area contributed by atoms with Gasteiger partial charge in [0.05, 0.1) is 24.2 Å². The molecule has 0 spiro atoms. The number of hydrogen-bond donors (Lipinski definition) is 0. The maximum atomic E-state index is 13.9. The van der Waals surface area contributed by atoms with Crippen molar-refractivity contribution in [2.45, 2.75) is 33.2 Å². The smallest absolute Gasteiger partial charge is 0.282 e. The minimum absolute atomic E-state index is 0.218. The van der Waals surface area contributed by atoms with Gasteiger partial charge >= 0.3 is 0 Å². The largest absolute Gasteiger partial charge is 0.496 e. The third-order valence-corrected chi connectivity index (χ3v) is 8.91. The summed E-state index contributed by atoms with van der Waals surface area (Å²) in [5.74, 6) is 1.53. The van der Waals surface area contributed by atoms with E-state index in [9.17, 15) is 4.79 Å². The lowest BCUT2D eigenvalue weighted by Crippen LogP contribution is -2.20. The molecule has 8 heteroatoms. The molecule has 0 aliphatic rings. The lowest BCUT2D eigenvalue weighted by atomic mass is 9.96. The van der Waals surface area contributed by atoms with Crippen molar-refractivity contribution in [3.63, 3.8) is 0 Å². The van der Waals surface area contributed by atoms with Gasteiger partial charge < -0.3 is 9.30 Å². The monoisotopic (exact) mass is 696 g/mol. The number of halogens is 2. The number of aryl methyl sites for hydroxylation is 1. The Morgan fingerprint density at radius 2 is 1.72 bits per heavy atom. The Labute approximate surface area is 266 Å². The van der Waals surface area contributed by atoms with E-state index in [0.29, 0.717) is 23.3 Å². The van der Waals surface area contributed by atoms with E-state index >= 15 is 0 Å². The van der Waals surface area contributed by atoms with E-state index in [1.807, 2.05) is 49.4 Å². The predicted octanol–water partition coefficient (Wildman–Crippen LogP) is 8.91. The van der Waals surface area contributed by atoms with Crippen LogP contribution in [-0.4, -0.2) is 27.6 Å². The Morgan fingerprint density at radius 3 is 2.47 bits per heavy atom. The van der Waals surface area contributed by atoms with Crippen molar-refractivity contribution in [2.75, 3.05) is 7.11 Å². The number of aromatic nitrogens is 3. The van der Waals surface area contributed by atoms with E-state index in [1.54, 1.807) is 19.4 Å². The molecule has 216 valence electrons. The molecule has 6 nitrogen and oxygen atoms in total. The van der Waals surface area contributed by atoms with Crippen LogP contribution in [0.2, 0.25) is 0 Å². The summed E-state index contributed by atoms with van der Waals surface area (Å²) >= 11 is 7.24. The van der Waals surface area contributed by atoms with Crippen LogP contribution in [0.4, 0.5) is 0 Å². The first-order valence-electron chi connectivity index (χ1n) is 14.0. The van der Waals surface area contributed by atoms with Crippen molar-refractivity contribution in [1.82, 2.24) is 14.2 Å². The Hall–Kier alpha value is -4.01. The summed E-state index contributed by atoms with van der Waals surface area (Å²) in [6.45, 7) is 6.93. The van der Waals surface area contributed by atoms with Gasteiger partial charge in [0, 0.05) is 43.7 Å². The normalized spacial score (nSPS) is 11.8. The number of para-hydroxylation sites is 2. The molecule has 43 heavy (non-hydrogen) atoms. The Balaban J connectivity index is 1.52. The van der Waals surface area contributed by atoms with E-state index in [0.717, 1.165) is 53.4 Å². The average Bonchev–Trinajstić information content (AvgIpc) is 3.35. The first kappa shape index (κ1) is 29.1. The maximum absolute atomic E-state index is 13.9. The van der Waals surface area contributed by atoms with Gasteiger partial charge in [0.1, 0.15) is 5.75 Å². The molecule has 0 amide bonds. The average molecular weight is 698 g/mol. The standard InChI is InChI=1S/C35H30Br2N4O2/c1-21(2)28-17-29(22(3)15-33(28)43-4)34-39-31-11-7-5-10-27(31)35(42)41(34)38-18-24-20-40(32-12-8-6-9-26(24)32)19-23-13-14-25(36)16-30(23)37/h5-18,20-21H,19H2,1-4H3. The van der Waals surface area contributed by atoms with Gasteiger partial charge in [0.15, 0.2) is 5.82 Å². The fraction of sp³-hybridized carbons (Fsp3) is 0.171. The van der Waals surface area contributed by atoms with Gasteiger partial charge in [-0.2, -0.15) is 9.78 Å². The molecule has 0 atom stereocenters. The fourth-order valence-electron chi connectivity index (χ4n) is 5.43. The van der Waals surface area contributed by atoms with Crippen molar-refractivity contribution < 1.29 is 4.74 Å². The molecule has 0 radical (unpaired) electrons. The van der Waals surface area contributed by atoms with Crippen LogP contribution in [0.1, 0.15) is 42.0 Å². The first-order valence-corrected chi connectivity index (χ1v) is 15.6. The molecule has 6 aromatic rings. The molecule has 2 heterocycles. The summed E-state index contributed by atoms with van der Waals surface area (Å²) in [4.78, 5) is 18.9. The van der Waals surface area contributed by atoms with Gasteiger partial charge in [-0.25, -0.2) is 4.98 Å². The minimum Gasteiger partial charge on any atom is -0.496 e. The SMILES string of the molecule is COc1cc(C)c(-c2nc3ccccc3c(=O)n2N=Cc2cn(Cc3ccc(Br)cc3Br)c3ccccc23)cc1C(C)C. The lowest BCUT2D eigenvalue weighted by molar-refractivity contribution is 0.407. The van der Waals surface area contributed by atoms with Gasteiger partial charge in [0.2, 0.25) is 0 Å². The highest BCUT2D eigenvalue weighted by molar-refractivity contribution is 9.11. The molecule has 0 aliphatic carbocycles. The zero-order valence-electron chi connectivity index (χ0n) is 24.3. The van der Waals surface area contributed by atoms with Gasteiger partial charge in [-0.15, -0.1) is 0 Å². The zero-order chi connectivity index (χ0) is 30.2. The second-order valence-electron chi connectivity index (χ2n) is 10.8. The third kappa shape index (κ3) is 5.57. The van der Waals surface area contributed by atoms with Gasteiger partial charge in [0.25, 0.3) is 5.56 Å². The zero-order valence-corrected chi connectivity index (χ0v) is 27.5. The summed E-state index contributed by atoms with van der Waals surface area (Å²) < 4.78 is 11.4. The van der Waals surface area contributed by atoms with Crippen LogP contribution in [-0.2, 0) is 6.54 Å². The summed E-state index contributed by atoms with van der Waals surface area (Å²) in [5, 5.41) is 6.38. The number of methoxy groups -OCH3 is 1. The first-order chi connectivity index (χ1) is 20.7. The van der Waals surface area contributed by atoms with Crippen molar-refractivity contribution in [2.24, 2.45) is 5.10 Å². The van der Waals surface area contributed by atoms with Crippen LogP contribution in [0.3, 0.4) is 0 Å². The maximum Gasteiger partial charge on any atom is 0.282 e. The molecule has 0 saturated carbocycles. The fourth-order valence-corrected chi connectivity index (χ4v) is 6.61. The summed E-state index contributed by atoms with van der Waals surface area (Å²) in [7, 11) is 1.68. The number of hydrogen-bond acceptors (Lipinski definition) is 4. The second kappa shape index (κ2) is 11.9. The lowest BCUT2D eigenvalue weighted by Gasteiger charge is -2.17. The molecular formula is C35H30Br2N4O2. The van der Waals surface area contributed by atoms with Crippen molar-refractivity contribution >= 4 is 59.9 Å². The van der Waals surface area contributed by atoms with E-state index < -0.39 is 0 Å². The number of nitrogens with zero attached hydrogens (tertiary/aromatic N) is 4. The molecule has 0 saturated heterocycles. The highest BCUT2D eigenvalue weighted by Crippen LogP contribution is 2.34. The second-order valence-corrected chi connectivity index (χ2v) is 12.6. The molecule has 4 aromatic carbocycles. The molecule has 0 N–H and O–H groups in total. The van der Waals surface area contributed by atoms with E-state index in [1.165, 1.54) is 4.68 Å². The van der Waals surface area contributed by atoms with Crippen molar-refractivity contribution in [3.05, 3.63) is 127 Å². The Kier molecular flexibility index (Phi) is 8.07. The van der Waals surface area contributed by atoms with E-state index in [4.69, 9.17) is 14.8 Å². The molecule has 0 aliphatic heterocycles. The van der Waals surface area contributed by atoms with E-state index in [-0.39, 0.29) is 11.5 Å². The quantitative estimate of drug-likeness (QED) is 0.157. The third-order valence-electron chi connectivity index (χ3n) is 7.68. The molecule has 0 bridgehead atoms. The van der Waals surface area contributed by atoms with Gasteiger partial charge in [-0.1, -0.05) is 82.1 Å². The number of benzene rings is 4. The van der Waals surface area contributed by atoms with Crippen LogP contribution < -0.4 is 10.3 Å². The topological polar surface area (TPSA) is 61.4 Å². The Morgan fingerprint density at radius 1 is 0.977 bits per heavy atom. The number of rotatable bonds is 7. The predicted molar refractivity (Wildman–Crippen MR) is 183 cm³/mol. The number of ether oxygens (including phenoxy) is 1. The summed E-state index contributed by atoms with van der Waals surface area (Å²) in [5.41, 5.74) is 6.38. The molecular weight excluding hydrogens is 668 g/mol. The summed E-state index contributed by atoms with van der Waals surface area (Å²) in [6.07, 6.45) is 3.84. The van der Waals surface area contributed by atoms with Crippen molar-refractivity contribution in [1.29, 1.82) is 0 Å². The van der Waals surface area contributed by atoms with Crippen LogP contribution >= 0.6 is 31.9 Å². The van der Waals surface area contributed by atoms with Crippen LogP contribution in [0.5, 0.6) is 5.75 Å². The molecule has 2 aromatic heterocycles. The molecule has 6 rings (SSSR count). The Bertz CT molecular complexity index is 2090. The molecule has 0 unspecified atom stereocenters. The van der Waals surface area contributed by atoms with E-state index in [2.05, 4.69) is 86.8 Å². The van der Waals surface area contributed by atoms with Crippen LogP contribution in [0.25, 0.3) is 33.2 Å². The highest BCUT2D eigenvalue weighted by Gasteiger charge is 2.19. The summed E-state index contributed by atoms with van der Waals surface area (Å²) in [6, 6.07) is 25.9. The van der Waals surface area contributed by atoms with Gasteiger partial charge in [-0.05, 0) is 72.0 Å². The molecule has 0 fully saturated rings. The van der Waals surface area contributed by atoms with Crippen LogP contribution in [0, 0.1) is 6.92 Å². The number of fused-ring (bicyclic) bond motifs is 2. The highest BCUT2D eigenvalue weighted by atomic mass is 79.9. The van der Waals surface area contributed by atoms with Crippen molar-refractivity contribution in [3.8, 4) is 17.1 Å².